The van der Waals surface area contributed by atoms with Gasteiger partial charge in [0, 0.05) is 5.56 Å². The lowest BCUT2D eigenvalue weighted by Gasteiger charge is -2.22. The Kier molecular flexibility index (Phi) is 5.21. The molecule has 1 aromatic carbocycles. The van der Waals surface area contributed by atoms with Gasteiger partial charge in [-0.1, -0.05) is 0 Å². The van der Waals surface area contributed by atoms with Gasteiger partial charge >= 0.3 is 0 Å². The molecule has 1 amide bonds. The molecule has 4 heteroatoms. The molecule has 1 saturated heterocycles. The number of benzene rings is 1. The van der Waals surface area contributed by atoms with E-state index in [-0.39, 0.29) is 0 Å². The van der Waals surface area contributed by atoms with Crippen molar-refractivity contribution in [1.29, 1.82) is 0 Å². The predicted octanol–water partition coefficient (Wildman–Crippen LogP) is 1.94. The fourth-order valence-electron chi connectivity index (χ4n) is 2.45. The Balaban J connectivity index is 1.66. The van der Waals surface area contributed by atoms with E-state index < -0.39 is 5.91 Å². The summed E-state index contributed by atoms with van der Waals surface area (Å²) in [5.41, 5.74) is 5.70. The van der Waals surface area contributed by atoms with Crippen LogP contribution in [0.4, 0.5) is 0 Å². The van der Waals surface area contributed by atoms with E-state index in [4.69, 9.17) is 10.5 Å². The SMILES string of the molecule is NC(=O)c1ccc(OCCCC2CCNCC2)cc1. The number of ether oxygens (including phenoxy) is 1. The quantitative estimate of drug-likeness (QED) is 0.770. The Morgan fingerprint density at radius 2 is 1.95 bits per heavy atom. The topological polar surface area (TPSA) is 64.4 Å². The van der Waals surface area contributed by atoms with E-state index in [1.165, 1.54) is 19.3 Å². The Morgan fingerprint density at radius 1 is 1.26 bits per heavy atom. The number of hydrogen-bond acceptors (Lipinski definition) is 3. The number of hydrogen-bond donors (Lipinski definition) is 2. The average Bonchev–Trinajstić information content (AvgIpc) is 2.45. The monoisotopic (exact) mass is 262 g/mol. The molecule has 3 N–H and O–H groups in total. The summed E-state index contributed by atoms with van der Waals surface area (Å²) < 4.78 is 5.66. The smallest absolute Gasteiger partial charge is 0.248 e. The van der Waals surface area contributed by atoms with Crippen molar-refractivity contribution in [2.24, 2.45) is 11.7 Å². The molecule has 1 heterocycles. The summed E-state index contributed by atoms with van der Waals surface area (Å²) in [6.07, 6.45) is 4.89. The minimum absolute atomic E-state index is 0.405. The normalized spacial score (nSPS) is 16.2. The van der Waals surface area contributed by atoms with Crippen LogP contribution in [0.5, 0.6) is 5.75 Å². The number of primary amides is 1. The third-order valence-electron chi connectivity index (χ3n) is 3.62. The number of amides is 1. The molecule has 1 aromatic rings. The van der Waals surface area contributed by atoms with Gasteiger partial charge in [0.1, 0.15) is 5.75 Å². The van der Waals surface area contributed by atoms with Crippen LogP contribution in [0, 0.1) is 5.92 Å². The first kappa shape index (κ1) is 13.9. The van der Waals surface area contributed by atoms with Gasteiger partial charge in [-0.15, -0.1) is 0 Å². The number of nitrogens with two attached hydrogens (primary N) is 1. The van der Waals surface area contributed by atoms with Crippen molar-refractivity contribution in [2.75, 3.05) is 19.7 Å². The number of nitrogens with one attached hydrogen (secondary N) is 1. The summed E-state index contributed by atoms with van der Waals surface area (Å²) in [5, 5.41) is 3.38. The first-order chi connectivity index (χ1) is 9.25. The van der Waals surface area contributed by atoms with E-state index >= 15 is 0 Å². The number of rotatable bonds is 6. The second-order valence-electron chi connectivity index (χ2n) is 5.07. The molecule has 2 rings (SSSR count). The fraction of sp³-hybridized carbons (Fsp3) is 0.533. The second-order valence-corrected chi connectivity index (χ2v) is 5.07. The lowest BCUT2D eigenvalue weighted by molar-refractivity contribution is 0.100. The zero-order chi connectivity index (χ0) is 13.5. The average molecular weight is 262 g/mol. The van der Waals surface area contributed by atoms with Crippen molar-refractivity contribution in [3.8, 4) is 5.75 Å². The Hall–Kier alpha value is -1.55. The summed E-state index contributed by atoms with van der Waals surface area (Å²) in [6, 6.07) is 6.99. The highest BCUT2D eigenvalue weighted by Crippen LogP contribution is 2.18. The Bertz CT molecular complexity index is 397. The lowest BCUT2D eigenvalue weighted by atomic mass is 9.93. The third-order valence-corrected chi connectivity index (χ3v) is 3.62. The molecule has 0 saturated carbocycles. The molecule has 0 aromatic heterocycles. The van der Waals surface area contributed by atoms with Gasteiger partial charge in [-0.2, -0.15) is 0 Å². The minimum atomic E-state index is -0.405. The van der Waals surface area contributed by atoms with Crippen LogP contribution in [-0.2, 0) is 0 Å². The highest BCUT2D eigenvalue weighted by atomic mass is 16.5. The molecular formula is C15H22N2O2. The lowest BCUT2D eigenvalue weighted by Crippen LogP contribution is -2.27. The maximum Gasteiger partial charge on any atom is 0.248 e. The molecular weight excluding hydrogens is 240 g/mol. The van der Waals surface area contributed by atoms with Gasteiger partial charge in [-0.3, -0.25) is 4.79 Å². The van der Waals surface area contributed by atoms with Crippen LogP contribution in [0.1, 0.15) is 36.0 Å². The summed E-state index contributed by atoms with van der Waals surface area (Å²) >= 11 is 0. The maximum atomic E-state index is 10.9. The Labute approximate surface area is 114 Å². The molecule has 0 atom stereocenters. The van der Waals surface area contributed by atoms with E-state index in [2.05, 4.69) is 5.32 Å². The molecule has 1 aliphatic heterocycles. The van der Waals surface area contributed by atoms with Crippen LogP contribution < -0.4 is 15.8 Å². The summed E-state index contributed by atoms with van der Waals surface area (Å²) in [7, 11) is 0. The maximum absolute atomic E-state index is 10.9. The molecule has 0 bridgehead atoms. The molecule has 4 nitrogen and oxygen atoms in total. The van der Waals surface area contributed by atoms with Gasteiger partial charge in [0.2, 0.25) is 5.91 Å². The molecule has 0 aliphatic carbocycles. The number of carbonyl (C=O) groups excluding carboxylic acids is 1. The molecule has 1 fully saturated rings. The number of piperidine rings is 1. The van der Waals surface area contributed by atoms with Crippen molar-refractivity contribution in [2.45, 2.75) is 25.7 Å². The van der Waals surface area contributed by atoms with Crippen LogP contribution in [-0.4, -0.2) is 25.6 Å². The molecule has 1 aliphatic rings. The van der Waals surface area contributed by atoms with E-state index in [1.807, 2.05) is 0 Å². The predicted molar refractivity (Wildman–Crippen MR) is 75.3 cm³/mol. The van der Waals surface area contributed by atoms with Crippen LogP contribution >= 0.6 is 0 Å². The highest BCUT2D eigenvalue weighted by Gasteiger charge is 2.12. The van der Waals surface area contributed by atoms with E-state index in [9.17, 15) is 4.79 Å². The van der Waals surface area contributed by atoms with Crippen molar-refractivity contribution in [3.63, 3.8) is 0 Å². The molecule has 0 radical (unpaired) electrons. The van der Waals surface area contributed by atoms with Gasteiger partial charge in [0.15, 0.2) is 0 Å². The molecule has 0 unspecified atom stereocenters. The van der Waals surface area contributed by atoms with E-state index in [0.29, 0.717) is 5.56 Å². The van der Waals surface area contributed by atoms with Crippen molar-refractivity contribution in [1.82, 2.24) is 5.32 Å². The summed E-state index contributed by atoms with van der Waals surface area (Å²) in [4.78, 5) is 10.9. The molecule has 104 valence electrons. The van der Waals surface area contributed by atoms with Crippen molar-refractivity contribution >= 4 is 5.91 Å². The largest absolute Gasteiger partial charge is 0.494 e. The molecule has 19 heavy (non-hydrogen) atoms. The van der Waals surface area contributed by atoms with E-state index in [1.54, 1.807) is 24.3 Å². The standard InChI is InChI=1S/C15H22N2O2/c16-15(18)13-3-5-14(6-4-13)19-11-1-2-12-7-9-17-10-8-12/h3-6,12,17H,1-2,7-11H2,(H2,16,18). The zero-order valence-electron chi connectivity index (χ0n) is 11.2. The molecule has 0 spiro atoms. The third kappa shape index (κ3) is 4.56. The van der Waals surface area contributed by atoms with Crippen LogP contribution in [0.25, 0.3) is 0 Å². The highest BCUT2D eigenvalue weighted by molar-refractivity contribution is 5.92. The Morgan fingerprint density at radius 3 is 2.58 bits per heavy atom. The first-order valence-corrected chi connectivity index (χ1v) is 6.99. The van der Waals surface area contributed by atoms with Gasteiger partial charge in [-0.25, -0.2) is 0 Å². The second kappa shape index (κ2) is 7.14. The fourth-order valence-corrected chi connectivity index (χ4v) is 2.45. The van der Waals surface area contributed by atoms with Crippen LogP contribution in [0.2, 0.25) is 0 Å². The van der Waals surface area contributed by atoms with Crippen LogP contribution in [0.15, 0.2) is 24.3 Å². The van der Waals surface area contributed by atoms with Gasteiger partial charge in [-0.05, 0) is 69.0 Å². The van der Waals surface area contributed by atoms with Gasteiger partial charge in [0.25, 0.3) is 0 Å². The zero-order valence-corrected chi connectivity index (χ0v) is 11.2. The summed E-state index contributed by atoms with van der Waals surface area (Å²) in [5.74, 6) is 1.25. The minimum Gasteiger partial charge on any atom is -0.494 e. The van der Waals surface area contributed by atoms with Gasteiger partial charge < -0.3 is 15.8 Å². The summed E-state index contributed by atoms with van der Waals surface area (Å²) in [6.45, 7) is 3.04. The van der Waals surface area contributed by atoms with Crippen LogP contribution in [0.3, 0.4) is 0 Å². The number of carbonyl (C=O) groups is 1. The first-order valence-electron chi connectivity index (χ1n) is 6.99. The van der Waals surface area contributed by atoms with Crippen molar-refractivity contribution < 1.29 is 9.53 Å². The van der Waals surface area contributed by atoms with Crippen molar-refractivity contribution in [3.05, 3.63) is 29.8 Å². The van der Waals surface area contributed by atoms with Gasteiger partial charge in [0.05, 0.1) is 6.61 Å². The van der Waals surface area contributed by atoms with E-state index in [0.717, 1.165) is 37.8 Å².